The molecule has 1 aromatic rings. The molecule has 0 aliphatic rings. The van der Waals surface area contributed by atoms with Crippen LogP contribution in [0.25, 0.3) is 0 Å². The molecule has 0 saturated heterocycles. The van der Waals surface area contributed by atoms with E-state index in [9.17, 15) is 9.59 Å². The zero-order valence-electron chi connectivity index (χ0n) is 7.14. The molecule has 0 N–H and O–H groups in total. The summed E-state index contributed by atoms with van der Waals surface area (Å²) in [7, 11) is 0. The Bertz CT molecular complexity index is 297. The summed E-state index contributed by atoms with van der Waals surface area (Å²) in [6, 6.07) is 4.96. The Morgan fingerprint density at radius 2 is 2.38 bits per heavy atom. The fourth-order valence-electron chi connectivity index (χ4n) is 0.659. The lowest BCUT2D eigenvalue weighted by atomic mass is 10.2. The maximum absolute atomic E-state index is 11.1. The standard InChI is InChI=1S/C9H9NO3/c1-7(6-11)9(12)13-8-4-2-3-5-10-8/h2-7H,1H3. The van der Waals surface area contributed by atoms with E-state index in [4.69, 9.17) is 4.74 Å². The summed E-state index contributed by atoms with van der Waals surface area (Å²) in [4.78, 5) is 25.0. The van der Waals surface area contributed by atoms with Gasteiger partial charge < -0.3 is 9.53 Å². The normalized spacial score (nSPS) is 11.8. The number of hydrogen-bond acceptors (Lipinski definition) is 4. The SMILES string of the molecule is CC(C=O)C(=O)Oc1ccccn1. The smallest absolute Gasteiger partial charge is 0.322 e. The fraction of sp³-hybridized carbons (Fsp3) is 0.222. The monoisotopic (exact) mass is 179 g/mol. The van der Waals surface area contributed by atoms with Gasteiger partial charge in [-0.3, -0.25) is 4.79 Å². The molecule has 0 aromatic carbocycles. The molecule has 4 heteroatoms. The molecule has 0 radical (unpaired) electrons. The van der Waals surface area contributed by atoms with E-state index in [0.717, 1.165) is 0 Å². The lowest BCUT2D eigenvalue weighted by molar-refractivity contribution is -0.140. The van der Waals surface area contributed by atoms with Gasteiger partial charge >= 0.3 is 5.97 Å². The number of nitrogens with zero attached hydrogens (tertiary/aromatic N) is 1. The number of aldehydes is 1. The zero-order valence-corrected chi connectivity index (χ0v) is 7.14. The van der Waals surface area contributed by atoms with Gasteiger partial charge in [0.1, 0.15) is 12.2 Å². The van der Waals surface area contributed by atoms with E-state index >= 15 is 0 Å². The molecule has 1 unspecified atom stereocenters. The van der Waals surface area contributed by atoms with Gasteiger partial charge in [0.25, 0.3) is 0 Å². The minimum absolute atomic E-state index is 0.209. The predicted octanol–water partition coefficient (Wildman–Crippen LogP) is 0.822. The second kappa shape index (κ2) is 4.35. The molecule has 0 aliphatic heterocycles. The van der Waals surface area contributed by atoms with Crippen molar-refractivity contribution in [2.75, 3.05) is 0 Å². The Kier molecular flexibility index (Phi) is 3.14. The molecule has 0 bridgehead atoms. The minimum atomic E-state index is -0.748. The second-order valence-corrected chi connectivity index (χ2v) is 2.51. The molecule has 0 saturated carbocycles. The number of ether oxygens (including phenoxy) is 1. The summed E-state index contributed by atoms with van der Waals surface area (Å²) in [5.74, 6) is -1.13. The molecule has 68 valence electrons. The predicted molar refractivity (Wildman–Crippen MR) is 45.1 cm³/mol. The first-order valence-corrected chi connectivity index (χ1v) is 3.82. The highest BCUT2D eigenvalue weighted by molar-refractivity contribution is 5.88. The summed E-state index contributed by atoms with van der Waals surface area (Å²) >= 11 is 0. The molecule has 1 atom stereocenters. The maximum Gasteiger partial charge on any atom is 0.322 e. The van der Waals surface area contributed by atoms with Gasteiger partial charge in [-0.05, 0) is 13.0 Å². The quantitative estimate of drug-likeness (QED) is 0.391. The number of hydrogen-bond donors (Lipinski definition) is 0. The third-order valence-corrected chi connectivity index (χ3v) is 1.42. The lowest BCUT2D eigenvalue weighted by Gasteiger charge is -2.03. The third kappa shape index (κ3) is 2.66. The molecular formula is C9H9NO3. The van der Waals surface area contributed by atoms with Gasteiger partial charge in [0.15, 0.2) is 0 Å². The molecule has 1 heterocycles. The number of rotatable bonds is 3. The molecule has 0 aliphatic carbocycles. The summed E-state index contributed by atoms with van der Waals surface area (Å²) in [6.07, 6.45) is 2.04. The van der Waals surface area contributed by atoms with Crippen molar-refractivity contribution in [3.8, 4) is 5.88 Å². The Morgan fingerprint density at radius 3 is 2.92 bits per heavy atom. The fourth-order valence-corrected chi connectivity index (χ4v) is 0.659. The first-order chi connectivity index (χ1) is 6.24. The van der Waals surface area contributed by atoms with Crippen LogP contribution in [0, 0.1) is 5.92 Å². The molecule has 13 heavy (non-hydrogen) atoms. The van der Waals surface area contributed by atoms with Crippen molar-refractivity contribution < 1.29 is 14.3 Å². The Balaban J connectivity index is 2.60. The van der Waals surface area contributed by atoms with E-state index in [0.29, 0.717) is 6.29 Å². The van der Waals surface area contributed by atoms with Gasteiger partial charge in [-0.2, -0.15) is 0 Å². The summed E-state index contributed by atoms with van der Waals surface area (Å²) in [6.45, 7) is 1.47. The van der Waals surface area contributed by atoms with Crippen LogP contribution in [0.2, 0.25) is 0 Å². The van der Waals surface area contributed by atoms with Gasteiger partial charge in [0.05, 0.1) is 0 Å². The molecule has 0 spiro atoms. The topological polar surface area (TPSA) is 56.3 Å². The van der Waals surface area contributed by atoms with E-state index in [2.05, 4.69) is 4.98 Å². The first kappa shape index (κ1) is 9.38. The Labute approximate surface area is 75.5 Å². The van der Waals surface area contributed by atoms with Crippen LogP contribution in [-0.4, -0.2) is 17.2 Å². The highest BCUT2D eigenvalue weighted by Gasteiger charge is 2.13. The largest absolute Gasteiger partial charge is 0.407 e. The number of pyridine rings is 1. The van der Waals surface area contributed by atoms with Crippen LogP contribution >= 0.6 is 0 Å². The summed E-state index contributed by atoms with van der Waals surface area (Å²) in [5.41, 5.74) is 0. The van der Waals surface area contributed by atoms with Crippen LogP contribution < -0.4 is 4.74 Å². The molecule has 4 nitrogen and oxygen atoms in total. The van der Waals surface area contributed by atoms with Gasteiger partial charge in [0.2, 0.25) is 5.88 Å². The van der Waals surface area contributed by atoms with Crippen molar-refractivity contribution in [1.82, 2.24) is 4.98 Å². The summed E-state index contributed by atoms with van der Waals surface area (Å²) < 4.78 is 4.79. The van der Waals surface area contributed by atoms with E-state index in [1.807, 2.05) is 0 Å². The molecular weight excluding hydrogens is 170 g/mol. The molecule has 0 amide bonds. The molecule has 1 aromatic heterocycles. The number of aromatic nitrogens is 1. The van der Waals surface area contributed by atoms with E-state index < -0.39 is 11.9 Å². The Morgan fingerprint density at radius 1 is 1.62 bits per heavy atom. The average Bonchev–Trinajstić information content (AvgIpc) is 2.18. The van der Waals surface area contributed by atoms with Crippen LogP contribution in [0.15, 0.2) is 24.4 Å². The van der Waals surface area contributed by atoms with Gasteiger partial charge in [-0.15, -0.1) is 0 Å². The van der Waals surface area contributed by atoms with Crippen molar-refractivity contribution in [3.05, 3.63) is 24.4 Å². The van der Waals surface area contributed by atoms with E-state index in [-0.39, 0.29) is 5.88 Å². The van der Waals surface area contributed by atoms with Crippen LogP contribution in [0.3, 0.4) is 0 Å². The van der Waals surface area contributed by atoms with Crippen LogP contribution in [0.4, 0.5) is 0 Å². The average molecular weight is 179 g/mol. The van der Waals surface area contributed by atoms with Gasteiger partial charge in [0, 0.05) is 12.3 Å². The highest BCUT2D eigenvalue weighted by Crippen LogP contribution is 2.05. The van der Waals surface area contributed by atoms with Crippen LogP contribution in [0.5, 0.6) is 5.88 Å². The van der Waals surface area contributed by atoms with Crippen molar-refractivity contribution in [1.29, 1.82) is 0 Å². The van der Waals surface area contributed by atoms with Crippen molar-refractivity contribution in [3.63, 3.8) is 0 Å². The van der Waals surface area contributed by atoms with Gasteiger partial charge in [-0.1, -0.05) is 6.07 Å². The minimum Gasteiger partial charge on any atom is -0.407 e. The Hall–Kier alpha value is -1.71. The van der Waals surface area contributed by atoms with Crippen molar-refractivity contribution in [2.45, 2.75) is 6.92 Å². The maximum atomic E-state index is 11.1. The lowest BCUT2D eigenvalue weighted by Crippen LogP contribution is -2.19. The number of carbonyl (C=O) groups excluding carboxylic acids is 2. The zero-order chi connectivity index (χ0) is 9.68. The van der Waals surface area contributed by atoms with Crippen LogP contribution in [0.1, 0.15) is 6.92 Å². The first-order valence-electron chi connectivity index (χ1n) is 3.82. The molecule has 1 rings (SSSR count). The highest BCUT2D eigenvalue weighted by atomic mass is 16.5. The molecule has 0 fully saturated rings. The van der Waals surface area contributed by atoms with E-state index in [1.165, 1.54) is 13.1 Å². The van der Waals surface area contributed by atoms with Crippen LogP contribution in [-0.2, 0) is 9.59 Å². The number of carbonyl (C=O) groups is 2. The van der Waals surface area contributed by atoms with E-state index in [1.54, 1.807) is 18.2 Å². The third-order valence-electron chi connectivity index (χ3n) is 1.42. The number of esters is 1. The van der Waals surface area contributed by atoms with Crippen molar-refractivity contribution >= 4 is 12.3 Å². The second-order valence-electron chi connectivity index (χ2n) is 2.51. The summed E-state index contributed by atoms with van der Waals surface area (Å²) in [5, 5.41) is 0. The van der Waals surface area contributed by atoms with Crippen molar-refractivity contribution in [2.24, 2.45) is 5.92 Å². The van der Waals surface area contributed by atoms with Gasteiger partial charge in [-0.25, -0.2) is 4.98 Å².